The van der Waals surface area contributed by atoms with E-state index in [9.17, 15) is 14.7 Å². The lowest BCUT2D eigenvalue weighted by Gasteiger charge is -2.33. The number of benzene rings is 1. The number of amides is 1. The zero-order valence-electron chi connectivity index (χ0n) is 12.8. The molecule has 1 aromatic carbocycles. The maximum Gasteiger partial charge on any atom is 0.328 e. The number of carboxylic acids is 1. The van der Waals surface area contributed by atoms with Gasteiger partial charge in [-0.2, -0.15) is 0 Å². The lowest BCUT2D eigenvalue weighted by Crippen LogP contribution is -2.53. The van der Waals surface area contributed by atoms with Crippen LogP contribution in [0.2, 0.25) is 0 Å². The smallest absolute Gasteiger partial charge is 0.328 e. The van der Waals surface area contributed by atoms with Gasteiger partial charge in [0.2, 0.25) is 5.91 Å². The van der Waals surface area contributed by atoms with Gasteiger partial charge < -0.3 is 19.5 Å². The van der Waals surface area contributed by atoms with E-state index in [1.807, 2.05) is 38.1 Å². The normalized spacial score (nSPS) is 18.3. The van der Waals surface area contributed by atoms with Gasteiger partial charge in [0.15, 0.2) is 6.04 Å². The van der Waals surface area contributed by atoms with Crippen molar-refractivity contribution in [3.05, 3.63) is 29.8 Å². The number of carbonyl (C=O) groups is 2. The first-order chi connectivity index (χ1) is 10.5. The molecule has 0 unspecified atom stereocenters. The Morgan fingerprint density at radius 3 is 2.91 bits per heavy atom. The fourth-order valence-electron chi connectivity index (χ4n) is 2.38. The minimum atomic E-state index is -1.04. The van der Waals surface area contributed by atoms with Gasteiger partial charge in [0.1, 0.15) is 5.75 Å². The van der Waals surface area contributed by atoms with Crippen molar-refractivity contribution in [1.82, 2.24) is 4.90 Å². The molecule has 120 valence electrons. The minimum Gasteiger partial charge on any atom is -0.491 e. The molecule has 1 amide bonds. The van der Waals surface area contributed by atoms with Crippen LogP contribution in [0.15, 0.2) is 24.3 Å². The molecule has 1 aliphatic rings. The lowest BCUT2D eigenvalue weighted by atomic mass is 10.1. The van der Waals surface area contributed by atoms with Crippen LogP contribution in [0.5, 0.6) is 5.75 Å². The first-order valence-electron chi connectivity index (χ1n) is 7.33. The summed E-state index contributed by atoms with van der Waals surface area (Å²) in [5.74, 6) is -0.542. The highest BCUT2D eigenvalue weighted by Crippen LogP contribution is 2.17. The van der Waals surface area contributed by atoms with Crippen molar-refractivity contribution in [2.24, 2.45) is 0 Å². The van der Waals surface area contributed by atoms with E-state index in [4.69, 9.17) is 9.47 Å². The lowest BCUT2D eigenvalue weighted by molar-refractivity contribution is -0.158. The molecule has 1 saturated heterocycles. The molecule has 1 N–H and O–H groups in total. The fourth-order valence-corrected chi connectivity index (χ4v) is 2.38. The third-order valence-corrected chi connectivity index (χ3v) is 3.36. The number of aliphatic carboxylic acids is 1. The van der Waals surface area contributed by atoms with Gasteiger partial charge in [-0.15, -0.1) is 0 Å². The third-order valence-electron chi connectivity index (χ3n) is 3.36. The molecule has 2 rings (SSSR count). The fraction of sp³-hybridized carbons (Fsp3) is 0.500. The Balaban J connectivity index is 2.06. The van der Waals surface area contributed by atoms with Crippen molar-refractivity contribution in [1.29, 1.82) is 0 Å². The van der Waals surface area contributed by atoms with Crippen LogP contribution in [0.25, 0.3) is 0 Å². The van der Waals surface area contributed by atoms with Gasteiger partial charge in [-0.25, -0.2) is 4.79 Å². The van der Waals surface area contributed by atoms with Gasteiger partial charge in [0, 0.05) is 6.54 Å². The Kier molecular flexibility index (Phi) is 5.38. The second-order valence-electron chi connectivity index (χ2n) is 5.51. The number of ether oxygens (including phenoxy) is 2. The number of carboxylic acid groups (broad SMARTS) is 1. The zero-order valence-corrected chi connectivity index (χ0v) is 12.8. The van der Waals surface area contributed by atoms with Crippen molar-refractivity contribution in [3.63, 3.8) is 0 Å². The molecule has 1 fully saturated rings. The Hall–Kier alpha value is -2.08. The highest BCUT2D eigenvalue weighted by Gasteiger charge is 2.32. The summed E-state index contributed by atoms with van der Waals surface area (Å²) in [4.78, 5) is 25.0. The molecular formula is C16H21NO5. The van der Waals surface area contributed by atoms with E-state index in [2.05, 4.69) is 0 Å². The maximum atomic E-state index is 12.4. The average Bonchev–Trinajstić information content (AvgIpc) is 2.46. The van der Waals surface area contributed by atoms with E-state index < -0.39 is 12.0 Å². The third kappa shape index (κ3) is 4.21. The van der Waals surface area contributed by atoms with Crippen LogP contribution in [0.1, 0.15) is 19.4 Å². The largest absolute Gasteiger partial charge is 0.491 e. The topological polar surface area (TPSA) is 76.1 Å². The van der Waals surface area contributed by atoms with Crippen LogP contribution in [-0.2, 0) is 20.7 Å². The molecule has 0 aliphatic carbocycles. The summed E-state index contributed by atoms with van der Waals surface area (Å²) in [7, 11) is 0. The average molecular weight is 307 g/mol. The Labute approximate surface area is 129 Å². The van der Waals surface area contributed by atoms with E-state index in [-0.39, 0.29) is 25.0 Å². The molecule has 0 radical (unpaired) electrons. The summed E-state index contributed by atoms with van der Waals surface area (Å²) in [6, 6.07) is 6.41. The number of carbonyl (C=O) groups excluding carboxylic acids is 1. The van der Waals surface area contributed by atoms with Crippen LogP contribution in [0.3, 0.4) is 0 Å². The molecule has 1 heterocycles. The second-order valence-corrected chi connectivity index (χ2v) is 5.51. The van der Waals surface area contributed by atoms with Gasteiger partial charge in [-0.1, -0.05) is 12.1 Å². The van der Waals surface area contributed by atoms with Crippen molar-refractivity contribution >= 4 is 11.9 Å². The molecule has 0 aromatic heterocycles. The van der Waals surface area contributed by atoms with E-state index in [0.717, 1.165) is 5.56 Å². The van der Waals surface area contributed by atoms with Crippen LogP contribution < -0.4 is 4.74 Å². The summed E-state index contributed by atoms with van der Waals surface area (Å²) >= 11 is 0. The number of morpholine rings is 1. The van der Waals surface area contributed by atoms with E-state index in [1.54, 1.807) is 0 Å². The van der Waals surface area contributed by atoms with E-state index >= 15 is 0 Å². The number of hydrogen-bond donors (Lipinski definition) is 1. The van der Waals surface area contributed by atoms with Crippen LogP contribution in [0, 0.1) is 0 Å². The van der Waals surface area contributed by atoms with E-state index in [0.29, 0.717) is 18.9 Å². The van der Waals surface area contributed by atoms with Crippen molar-refractivity contribution in [2.45, 2.75) is 32.4 Å². The summed E-state index contributed by atoms with van der Waals surface area (Å²) in [6.07, 6.45) is 0.209. The first-order valence-corrected chi connectivity index (χ1v) is 7.33. The van der Waals surface area contributed by atoms with Gasteiger partial charge in [-0.3, -0.25) is 4.79 Å². The highest BCUT2D eigenvalue weighted by molar-refractivity contribution is 5.85. The molecule has 6 nitrogen and oxygen atoms in total. The summed E-state index contributed by atoms with van der Waals surface area (Å²) in [5.41, 5.74) is 0.804. The molecule has 6 heteroatoms. The predicted molar refractivity (Wildman–Crippen MR) is 79.9 cm³/mol. The summed E-state index contributed by atoms with van der Waals surface area (Å²) < 4.78 is 10.7. The predicted octanol–water partition coefficient (Wildman–Crippen LogP) is 1.33. The quantitative estimate of drug-likeness (QED) is 0.888. The maximum absolute atomic E-state index is 12.4. The van der Waals surface area contributed by atoms with Gasteiger partial charge in [0.25, 0.3) is 0 Å². The highest BCUT2D eigenvalue weighted by atomic mass is 16.5. The van der Waals surface area contributed by atoms with Crippen molar-refractivity contribution < 1.29 is 24.2 Å². The van der Waals surface area contributed by atoms with Crippen LogP contribution in [-0.4, -0.2) is 53.8 Å². The molecule has 0 bridgehead atoms. The van der Waals surface area contributed by atoms with Gasteiger partial charge in [-0.05, 0) is 31.5 Å². The Morgan fingerprint density at radius 2 is 2.23 bits per heavy atom. The number of nitrogens with zero attached hydrogens (tertiary/aromatic N) is 1. The zero-order chi connectivity index (χ0) is 16.1. The second kappa shape index (κ2) is 7.26. The SMILES string of the molecule is CC(C)Oc1cccc(CC(=O)N2CCOC[C@@H]2C(=O)O)c1. The monoisotopic (exact) mass is 307 g/mol. The molecule has 1 atom stereocenters. The van der Waals surface area contributed by atoms with E-state index in [1.165, 1.54) is 4.90 Å². The summed E-state index contributed by atoms with van der Waals surface area (Å²) in [6.45, 7) is 4.58. The minimum absolute atomic E-state index is 0.0393. The Bertz CT molecular complexity index is 543. The molecule has 1 aliphatic heterocycles. The molecule has 1 aromatic rings. The van der Waals surface area contributed by atoms with Gasteiger partial charge >= 0.3 is 5.97 Å². The molecule has 22 heavy (non-hydrogen) atoms. The number of hydrogen-bond acceptors (Lipinski definition) is 4. The van der Waals surface area contributed by atoms with Gasteiger partial charge in [0.05, 0.1) is 25.7 Å². The first kappa shape index (κ1) is 16.3. The van der Waals surface area contributed by atoms with Crippen LogP contribution >= 0.6 is 0 Å². The summed E-state index contributed by atoms with van der Waals surface area (Å²) in [5, 5.41) is 9.17. The Morgan fingerprint density at radius 1 is 1.45 bits per heavy atom. The van der Waals surface area contributed by atoms with Crippen LogP contribution in [0.4, 0.5) is 0 Å². The van der Waals surface area contributed by atoms with Crippen molar-refractivity contribution in [3.8, 4) is 5.75 Å². The molecular weight excluding hydrogens is 286 g/mol. The van der Waals surface area contributed by atoms with Crippen molar-refractivity contribution in [2.75, 3.05) is 19.8 Å². The standard InChI is InChI=1S/C16H21NO5/c1-11(2)22-13-5-3-4-12(8-13)9-15(18)17-6-7-21-10-14(17)16(19)20/h3-5,8,11,14H,6-7,9-10H2,1-2H3,(H,19,20)/t14-/m1/s1. The molecule has 0 saturated carbocycles. The number of rotatable bonds is 5. The molecule has 0 spiro atoms.